The third kappa shape index (κ3) is 4.74. The summed E-state index contributed by atoms with van der Waals surface area (Å²) in [5.41, 5.74) is 4.12. The second kappa shape index (κ2) is 10.0. The van der Waals surface area contributed by atoms with Gasteiger partial charge in [-0.1, -0.05) is 66.7 Å². The highest BCUT2D eigenvalue weighted by Crippen LogP contribution is 2.36. The molecule has 3 aromatic rings. The molecule has 1 N–H and O–H groups in total. The number of nitrogens with one attached hydrogen (secondary N) is 1. The molecule has 2 aliphatic heterocycles. The van der Waals surface area contributed by atoms with Crippen LogP contribution >= 0.6 is 0 Å². The molecule has 4 atom stereocenters. The van der Waals surface area contributed by atoms with E-state index in [1.807, 2.05) is 53.4 Å². The standard InChI is InChI=1S/C28H28F2N2O2/c29-22-12-10-21(11-13-22)27-23-9-5-4-8-20(23)14-15-32(27)28(33)26-16-25(24(30)18-34-26)31-17-19-6-2-1-3-7-19/h1-13,24-27,31H,14-18H2/t24-,25+,26+,27-/m0/s1. The molecule has 0 radical (unpaired) electrons. The molecule has 5 rings (SSSR count). The van der Waals surface area contributed by atoms with E-state index < -0.39 is 18.3 Å². The van der Waals surface area contributed by atoms with Crippen LogP contribution in [0.4, 0.5) is 8.78 Å². The Balaban J connectivity index is 1.36. The molecule has 1 amide bonds. The molecular weight excluding hydrogens is 434 g/mol. The lowest BCUT2D eigenvalue weighted by Crippen LogP contribution is -2.53. The summed E-state index contributed by atoms with van der Waals surface area (Å²) in [6.45, 7) is 0.940. The van der Waals surface area contributed by atoms with Crippen molar-refractivity contribution in [2.45, 2.75) is 43.7 Å². The average molecular weight is 463 g/mol. The zero-order valence-corrected chi connectivity index (χ0v) is 18.9. The van der Waals surface area contributed by atoms with Crippen molar-refractivity contribution >= 4 is 5.91 Å². The van der Waals surface area contributed by atoms with Crippen LogP contribution in [0.5, 0.6) is 0 Å². The summed E-state index contributed by atoms with van der Waals surface area (Å²) >= 11 is 0. The fourth-order valence-corrected chi connectivity index (χ4v) is 4.99. The maximum atomic E-state index is 14.7. The van der Waals surface area contributed by atoms with Gasteiger partial charge in [0.05, 0.1) is 12.6 Å². The highest BCUT2D eigenvalue weighted by Gasteiger charge is 2.40. The van der Waals surface area contributed by atoms with Gasteiger partial charge in [0.15, 0.2) is 0 Å². The number of alkyl halides is 1. The average Bonchev–Trinajstić information content (AvgIpc) is 2.88. The maximum absolute atomic E-state index is 14.7. The molecule has 0 aliphatic carbocycles. The largest absolute Gasteiger partial charge is 0.365 e. The van der Waals surface area contributed by atoms with Crippen LogP contribution in [0.2, 0.25) is 0 Å². The summed E-state index contributed by atoms with van der Waals surface area (Å²) < 4.78 is 34.0. The molecule has 2 heterocycles. The van der Waals surface area contributed by atoms with Crippen LogP contribution in [-0.2, 0) is 22.5 Å². The van der Waals surface area contributed by atoms with Crippen LogP contribution < -0.4 is 5.32 Å². The summed E-state index contributed by atoms with van der Waals surface area (Å²) in [5.74, 6) is -0.468. The van der Waals surface area contributed by atoms with Crippen molar-refractivity contribution in [3.63, 3.8) is 0 Å². The Hall–Kier alpha value is -3.09. The van der Waals surface area contributed by atoms with Crippen molar-refractivity contribution in [2.75, 3.05) is 13.2 Å². The fraction of sp³-hybridized carbons (Fsp3) is 0.321. The first-order valence-corrected chi connectivity index (χ1v) is 11.8. The molecule has 3 aromatic carbocycles. The van der Waals surface area contributed by atoms with Gasteiger partial charge in [0.1, 0.15) is 18.1 Å². The van der Waals surface area contributed by atoms with E-state index in [0.717, 1.165) is 23.1 Å². The van der Waals surface area contributed by atoms with Crippen molar-refractivity contribution in [1.29, 1.82) is 0 Å². The minimum absolute atomic E-state index is 0.117. The first-order valence-electron chi connectivity index (χ1n) is 11.8. The van der Waals surface area contributed by atoms with Gasteiger partial charge >= 0.3 is 0 Å². The monoisotopic (exact) mass is 462 g/mol. The first kappa shape index (κ1) is 22.7. The van der Waals surface area contributed by atoms with Gasteiger partial charge in [-0.3, -0.25) is 4.79 Å². The number of amides is 1. The van der Waals surface area contributed by atoms with E-state index in [4.69, 9.17) is 4.74 Å². The van der Waals surface area contributed by atoms with E-state index in [0.29, 0.717) is 13.1 Å². The highest BCUT2D eigenvalue weighted by atomic mass is 19.1. The molecule has 0 bridgehead atoms. The third-order valence-electron chi connectivity index (χ3n) is 6.80. The Kier molecular flexibility index (Phi) is 6.70. The number of rotatable bonds is 5. The van der Waals surface area contributed by atoms with Crippen LogP contribution in [-0.4, -0.2) is 42.3 Å². The molecule has 1 saturated heterocycles. The minimum Gasteiger partial charge on any atom is -0.365 e. The molecule has 34 heavy (non-hydrogen) atoms. The zero-order valence-electron chi connectivity index (χ0n) is 18.9. The molecular formula is C28H28F2N2O2. The van der Waals surface area contributed by atoms with Gasteiger partial charge in [-0.05, 0) is 40.8 Å². The van der Waals surface area contributed by atoms with Crippen molar-refractivity contribution in [3.05, 3.63) is 107 Å². The van der Waals surface area contributed by atoms with Crippen LogP contribution in [0.1, 0.15) is 34.7 Å². The number of benzene rings is 3. The van der Waals surface area contributed by atoms with E-state index in [2.05, 4.69) is 11.4 Å². The number of nitrogens with zero attached hydrogens (tertiary/aromatic N) is 1. The van der Waals surface area contributed by atoms with Gasteiger partial charge in [0, 0.05) is 25.6 Å². The van der Waals surface area contributed by atoms with Gasteiger partial charge in [-0.15, -0.1) is 0 Å². The van der Waals surface area contributed by atoms with Crippen molar-refractivity contribution in [3.8, 4) is 0 Å². The number of hydrogen-bond donors (Lipinski definition) is 1. The number of carbonyl (C=O) groups is 1. The molecule has 2 aliphatic rings. The molecule has 0 unspecified atom stereocenters. The summed E-state index contributed by atoms with van der Waals surface area (Å²) in [4.78, 5) is 15.5. The van der Waals surface area contributed by atoms with E-state index in [-0.39, 0.29) is 30.8 Å². The summed E-state index contributed by atoms with van der Waals surface area (Å²) in [6, 6.07) is 23.3. The molecule has 4 nitrogen and oxygen atoms in total. The molecule has 0 aromatic heterocycles. The van der Waals surface area contributed by atoms with Crippen molar-refractivity contribution in [1.82, 2.24) is 10.2 Å². The Morgan fingerprint density at radius 3 is 2.53 bits per heavy atom. The zero-order chi connectivity index (χ0) is 23.5. The second-order valence-electron chi connectivity index (χ2n) is 8.98. The third-order valence-corrected chi connectivity index (χ3v) is 6.80. The molecule has 6 heteroatoms. The van der Waals surface area contributed by atoms with Crippen molar-refractivity contribution in [2.24, 2.45) is 0 Å². The Labute approximate surface area is 198 Å². The van der Waals surface area contributed by atoms with Crippen LogP contribution in [0, 0.1) is 5.82 Å². The fourth-order valence-electron chi connectivity index (χ4n) is 4.99. The quantitative estimate of drug-likeness (QED) is 0.603. The lowest BCUT2D eigenvalue weighted by molar-refractivity contribution is -0.152. The van der Waals surface area contributed by atoms with Crippen LogP contribution in [0.15, 0.2) is 78.9 Å². The van der Waals surface area contributed by atoms with E-state index in [1.165, 1.54) is 17.7 Å². The number of fused-ring (bicyclic) bond motifs is 1. The Bertz CT molecular complexity index is 1120. The van der Waals surface area contributed by atoms with Gasteiger partial charge in [-0.2, -0.15) is 0 Å². The Morgan fingerprint density at radius 2 is 1.74 bits per heavy atom. The maximum Gasteiger partial charge on any atom is 0.252 e. The van der Waals surface area contributed by atoms with Crippen LogP contribution in [0.25, 0.3) is 0 Å². The van der Waals surface area contributed by atoms with Gasteiger partial charge in [0.25, 0.3) is 5.91 Å². The number of ether oxygens (including phenoxy) is 1. The minimum atomic E-state index is -1.18. The lowest BCUT2D eigenvalue weighted by Gasteiger charge is -2.41. The predicted octanol–water partition coefficient (Wildman–Crippen LogP) is 4.59. The van der Waals surface area contributed by atoms with Gasteiger partial charge < -0.3 is 15.0 Å². The summed E-state index contributed by atoms with van der Waals surface area (Å²) in [5, 5.41) is 3.27. The number of carbonyl (C=O) groups excluding carboxylic acids is 1. The van der Waals surface area contributed by atoms with E-state index >= 15 is 0 Å². The second-order valence-corrected chi connectivity index (χ2v) is 8.98. The number of halogens is 2. The molecule has 176 valence electrons. The number of hydrogen-bond acceptors (Lipinski definition) is 3. The normalized spacial score (nSPS) is 24.5. The van der Waals surface area contributed by atoms with Crippen LogP contribution in [0.3, 0.4) is 0 Å². The topological polar surface area (TPSA) is 41.6 Å². The van der Waals surface area contributed by atoms with Gasteiger partial charge in [-0.25, -0.2) is 8.78 Å². The first-order chi connectivity index (χ1) is 16.6. The van der Waals surface area contributed by atoms with Gasteiger partial charge in [0.2, 0.25) is 0 Å². The Morgan fingerprint density at radius 1 is 1.00 bits per heavy atom. The van der Waals surface area contributed by atoms with E-state index in [1.54, 1.807) is 12.1 Å². The van der Waals surface area contributed by atoms with E-state index in [9.17, 15) is 13.6 Å². The highest BCUT2D eigenvalue weighted by molar-refractivity contribution is 5.82. The predicted molar refractivity (Wildman–Crippen MR) is 126 cm³/mol. The molecule has 0 spiro atoms. The summed E-state index contributed by atoms with van der Waals surface area (Å²) in [6.07, 6.45) is -0.911. The smallest absolute Gasteiger partial charge is 0.252 e. The lowest BCUT2D eigenvalue weighted by atomic mass is 9.87. The molecule has 1 fully saturated rings. The SMILES string of the molecule is O=C([C@H]1C[C@@H](NCc2ccccc2)[C@@H](F)CO1)N1CCc2ccccc2[C@@H]1c1ccc(F)cc1. The van der Waals surface area contributed by atoms with Crippen molar-refractivity contribution < 1.29 is 18.3 Å². The summed E-state index contributed by atoms with van der Waals surface area (Å²) in [7, 11) is 0. The molecule has 0 saturated carbocycles.